The summed E-state index contributed by atoms with van der Waals surface area (Å²) in [6.07, 6.45) is 0.240. The van der Waals surface area contributed by atoms with Crippen molar-refractivity contribution in [3.05, 3.63) is 22.4 Å². The van der Waals surface area contributed by atoms with Crippen LogP contribution in [0.5, 0.6) is 0 Å². The first-order valence-corrected chi connectivity index (χ1v) is 11.4. The standard InChI is InChI=1S/C21H34N4O3S.HI/c1-5-22-21(25-12-15(2)17(14-25)20(26)27-4)23-11-18(19-7-6-10-29-19)24-8-9-28-16(3)13-24;/h6-7,10,15-18H,5,8-9,11-14H2,1-4H3,(H,22,23);1H. The lowest BCUT2D eigenvalue weighted by Crippen LogP contribution is -2.45. The quantitative estimate of drug-likeness (QED) is 0.255. The van der Waals surface area contributed by atoms with Gasteiger partial charge in [-0.25, -0.2) is 0 Å². The van der Waals surface area contributed by atoms with E-state index in [9.17, 15) is 4.79 Å². The van der Waals surface area contributed by atoms with E-state index in [2.05, 4.69) is 53.4 Å². The molecule has 0 amide bonds. The molecule has 30 heavy (non-hydrogen) atoms. The van der Waals surface area contributed by atoms with Crippen molar-refractivity contribution in [1.29, 1.82) is 0 Å². The third-order valence-corrected chi connectivity index (χ3v) is 6.72. The van der Waals surface area contributed by atoms with Crippen molar-refractivity contribution in [3.63, 3.8) is 0 Å². The van der Waals surface area contributed by atoms with Gasteiger partial charge in [-0.1, -0.05) is 13.0 Å². The van der Waals surface area contributed by atoms with Crippen LogP contribution >= 0.6 is 35.3 Å². The highest BCUT2D eigenvalue weighted by atomic mass is 127. The maximum absolute atomic E-state index is 12.1. The van der Waals surface area contributed by atoms with Crippen LogP contribution in [0, 0.1) is 11.8 Å². The molecule has 0 aliphatic carbocycles. The number of thiophene rings is 1. The molecule has 0 bridgehead atoms. The number of esters is 1. The molecule has 0 aromatic carbocycles. The lowest BCUT2D eigenvalue weighted by atomic mass is 9.99. The summed E-state index contributed by atoms with van der Waals surface area (Å²) in [5.74, 6) is 0.903. The molecule has 1 aromatic rings. The third-order valence-electron chi connectivity index (χ3n) is 5.75. The topological polar surface area (TPSA) is 66.4 Å². The van der Waals surface area contributed by atoms with Gasteiger partial charge in [-0.3, -0.25) is 14.7 Å². The zero-order valence-corrected chi connectivity index (χ0v) is 21.5. The smallest absolute Gasteiger partial charge is 0.310 e. The predicted molar refractivity (Wildman–Crippen MR) is 132 cm³/mol. The maximum Gasteiger partial charge on any atom is 0.310 e. The first-order valence-electron chi connectivity index (χ1n) is 10.5. The van der Waals surface area contributed by atoms with Crippen molar-refractivity contribution >= 4 is 47.2 Å². The largest absolute Gasteiger partial charge is 0.469 e. The zero-order valence-electron chi connectivity index (χ0n) is 18.4. The van der Waals surface area contributed by atoms with E-state index >= 15 is 0 Å². The number of likely N-dealkylation sites (tertiary alicyclic amines) is 1. The molecule has 170 valence electrons. The fourth-order valence-electron chi connectivity index (χ4n) is 4.19. The Labute approximate surface area is 201 Å². The van der Waals surface area contributed by atoms with Crippen molar-refractivity contribution in [2.24, 2.45) is 16.8 Å². The van der Waals surface area contributed by atoms with Crippen LogP contribution in [0.2, 0.25) is 0 Å². The SMILES string of the molecule is CCNC(=NCC(c1cccs1)N1CCOC(C)C1)N1CC(C)C(C(=O)OC)C1.I. The molecule has 1 N–H and O–H groups in total. The first kappa shape index (κ1) is 25.4. The molecule has 2 aliphatic heterocycles. The van der Waals surface area contributed by atoms with Gasteiger partial charge in [0.1, 0.15) is 0 Å². The van der Waals surface area contributed by atoms with Crippen LogP contribution in [0.25, 0.3) is 0 Å². The van der Waals surface area contributed by atoms with E-state index in [-0.39, 0.29) is 53.9 Å². The van der Waals surface area contributed by atoms with Crippen molar-refractivity contribution in [2.45, 2.75) is 32.9 Å². The number of hydrogen-bond acceptors (Lipinski definition) is 6. The molecule has 7 nitrogen and oxygen atoms in total. The molecule has 2 aliphatic rings. The van der Waals surface area contributed by atoms with Crippen molar-refractivity contribution in [2.75, 3.05) is 53.0 Å². The van der Waals surface area contributed by atoms with E-state index in [4.69, 9.17) is 14.5 Å². The number of nitrogens with one attached hydrogen (secondary N) is 1. The normalized spacial score (nSPS) is 26.2. The molecule has 9 heteroatoms. The number of halogens is 1. The van der Waals surface area contributed by atoms with Crippen LogP contribution in [0.1, 0.15) is 31.7 Å². The number of rotatable bonds is 6. The summed E-state index contributed by atoms with van der Waals surface area (Å²) in [6.45, 7) is 11.8. The number of carbonyl (C=O) groups is 1. The average Bonchev–Trinajstić information content (AvgIpc) is 3.37. The third kappa shape index (κ3) is 6.30. The van der Waals surface area contributed by atoms with E-state index in [1.54, 1.807) is 11.3 Å². The Morgan fingerprint density at radius 2 is 2.20 bits per heavy atom. The van der Waals surface area contributed by atoms with Crippen molar-refractivity contribution in [1.82, 2.24) is 15.1 Å². The van der Waals surface area contributed by atoms with Gasteiger partial charge in [-0.05, 0) is 31.2 Å². The second-order valence-corrected chi connectivity index (χ2v) is 8.89. The van der Waals surface area contributed by atoms with Crippen LogP contribution < -0.4 is 5.32 Å². The summed E-state index contributed by atoms with van der Waals surface area (Å²) in [4.78, 5) is 23.1. The molecule has 1 aromatic heterocycles. The lowest BCUT2D eigenvalue weighted by Gasteiger charge is -2.36. The Hall–Kier alpha value is -0.910. The lowest BCUT2D eigenvalue weighted by molar-refractivity contribution is -0.145. The predicted octanol–water partition coefficient (Wildman–Crippen LogP) is 2.83. The molecule has 3 rings (SSSR count). The summed E-state index contributed by atoms with van der Waals surface area (Å²) in [5.41, 5.74) is 0. The number of hydrogen-bond donors (Lipinski definition) is 1. The Morgan fingerprint density at radius 3 is 2.83 bits per heavy atom. The summed E-state index contributed by atoms with van der Waals surface area (Å²) < 4.78 is 10.7. The zero-order chi connectivity index (χ0) is 20.8. The van der Waals surface area contributed by atoms with Crippen molar-refractivity contribution in [3.8, 4) is 0 Å². The van der Waals surface area contributed by atoms with Gasteiger partial charge in [-0.2, -0.15) is 0 Å². The molecule has 2 fully saturated rings. The first-order chi connectivity index (χ1) is 14.0. The number of carbonyl (C=O) groups excluding carboxylic acids is 1. The number of nitrogens with zero attached hydrogens (tertiary/aromatic N) is 3. The van der Waals surface area contributed by atoms with Gasteiger partial charge in [0.05, 0.1) is 38.3 Å². The number of guanidine groups is 1. The summed E-state index contributed by atoms with van der Waals surface area (Å²) in [5, 5.41) is 5.55. The highest BCUT2D eigenvalue weighted by molar-refractivity contribution is 14.0. The second-order valence-electron chi connectivity index (χ2n) is 7.91. The van der Waals surface area contributed by atoms with E-state index in [1.165, 1.54) is 12.0 Å². The van der Waals surface area contributed by atoms with Crippen LogP contribution in [-0.2, 0) is 14.3 Å². The monoisotopic (exact) mass is 550 g/mol. The molecule has 4 atom stereocenters. The number of ether oxygens (including phenoxy) is 2. The van der Waals surface area contributed by atoms with Crippen LogP contribution in [0.4, 0.5) is 0 Å². The van der Waals surface area contributed by atoms with E-state index in [0.29, 0.717) is 13.1 Å². The maximum atomic E-state index is 12.1. The Balaban J connectivity index is 0.00000320. The molecule has 0 spiro atoms. The van der Waals surface area contributed by atoms with Gasteiger partial charge in [0.2, 0.25) is 0 Å². The molecule has 0 radical (unpaired) electrons. The second kappa shape index (κ2) is 12.2. The van der Waals surface area contributed by atoms with Crippen LogP contribution in [0.3, 0.4) is 0 Å². The average molecular weight is 551 g/mol. The summed E-state index contributed by atoms with van der Waals surface area (Å²) >= 11 is 1.78. The molecule has 0 saturated carbocycles. The van der Waals surface area contributed by atoms with Crippen LogP contribution in [-0.4, -0.2) is 80.8 Å². The minimum Gasteiger partial charge on any atom is -0.469 e. The molecular weight excluding hydrogens is 515 g/mol. The van der Waals surface area contributed by atoms with Crippen LogP contribution in [0.15, 0.2) is 22.5 Å². The van der Waals surface area contributed by atoms with E-state index < -0.39 is 0 Å². The Kier molecular flexibility index (Phi) is 10.3. The van der Waals surface area contributed by atoms with Gasteiger partial charge in [-0.15, -0.1) is 35.3 Å². The minimum absolute atomic E-state index is 0. The molecule has 3 heterocycles. The highest BCUT2D eigenvalue weighted by Gasteiger charge is 2.37. The number of methoxy groups -OCH3 is 1. The Morgan fingerprint density at radius 1 is 1.40 bits per heavy atom. The number of morpholine rings is 1. The summed E-state index contributed by atoms with van der Waals surface area (Å²) in [7, 11) is 1.46. The Bertz CT molecular complexity index is 688. The molecular formula is C21H35IN4O3S. The fraction of sp³-hybridized carbons (Fsp3) is 0.714. The van der Waals surface area contributed by atoms with Gasteiger partial charge in [0.25, 0.3) is 0 Å². The van der Waals surface area contributed by atoms with E-state index in [0.717, 1.165) is 38.7 Å². The minimum atomic E-state index is -0.130. The van der Waals surface area contributed by atoms with Gasteiger partial charge >= 0.3 is 5.97 Å². The van der Waals surface area contributed by atoms with Gasteiger partial charge in [0, 0.05) is 37.6 Å². The molecule has 2 saturated heterocycles. The van der Waals surface area contributed by atoms with E-state index in [1.807, 2.05) is 0 Å². The highest BCUT2D eigenvalue weighted by Crippen LogP contribution is 2.28. The van der Waals surface area contributed by atoms with Gasteiger partial charge in [0.15, 0.2) is 5.96 Å². The number of aliphatic imine (C=N–C) groups is 1. The fourth-order valence-corrected chi connectivity index (χ4v) is 5.04. The summed E-state index contributed by atoms with van der Waals surface area (Å²) in [6, 6.07) is 4.55. The van der Waals surface area contributed by atoms with Crippen molar-refractivity contribution < 1.29 is 14.3 Å². The molecule has 4 unspecified atom stereocenters. The van der Waals surface area contributed by atoms with Gasteiger partial charge < -0.3 is 19.7 Å².